The number of carboxylic acid groups (broad SMARTS) is 1. The Morgan fingerprint density at radius 3 is 2.56 bits per heavy atom. The first-order valence-electron chi connectivity index (χ1n) is 7.87. The Morgan fingerprint density at radius 1 is 1.24 bits per heavy atom. The molecule has 1 aliphatic carbocycles. The number of sulfonamides is 1. The van der Waals surface area contributed by atoms with Crippen molar-refractivity contribution in [3.05, 3.63) is 24.0 Å². The molecule has 2 amide bonds. The minimum Gasteiger partial charge on any atom is -0.481 e. The highest BCUT2D eigenvalue weighted by Crippen LogP contribution is 2.25. The van der Waals surface area contributed by atoms with Crippen molar-refractivity contribution >= 4 is 27.7 Å². The van der Waals surface area contributed by atoms with Crippen LogP contribution in [0.5, 0.6) is 0 Å². The monoisotopic (exact) mass is 371 g/mol. The summed E-state index contributed by atoms with van der Waals surface area (Å²) in [5.41, 5.74) is 0.126. The summed E-state index contributed by atoms with van der Waals surface area (Å²) >= 11 is 0. The van der Waals surface area contributed by atoms with Gasteiger partial charge in [-0.15, -0.1) is 0 Å². The van der Waals surface area contributed by atoms with Gasteiger partial charge in [-0.1, -0.05) is 0 Å². The minimum absolute atomic E-state index is 0.0801. The molecule has 1 saturated carbocycles. The molecule has 10 heteroatoms. The highest BCUT2D eigenvalue weighted by molar-refractivity contribution is 7.89. The summed E-state index contributed by atoms with van der Waals surface area (Å²) in [5.74, 6) is -2.48. The molecule has 0 aromatic heterocycles. The Labute approximate surface area is 144 Å². The fraction of sp³-hybridized carbons (Fsp3) is 0.467. The summed E-state index contributed by atoms with van der Waals surface area (Å²) in [5, 5.41) is 11.4. The van der Waals surface area contributed by atoms with Gasteiger partial charge in [-0.25, -0.2) is 22.3 Å². The zero-order valence-corrected chi connectivity index (χ0v) is 14.1. The number of carboxylic acids is 1. The van der Waals surface area contributed by atoms with Crippen molar-refractivity contribution in [3.8, 4) is 0 Å². The van der Waals surface area contributed by atoms with E-state index < -0.39 is 38.7 Å². The smallest absolute Gasteiger partial charge is 0.321 e. The first-order valence-corrected chi connectivity index (χ1v) is 9.35. The van der Waals surface area contributed by atoms with Crippen molar-refractivity contribution in [2.75, 3.05) is 18.4 Å². The number of amides is 2. The number of carbonyl (C=O) groups excluding carboxylic acids is 1. The van der Waals surface area contributed by atoms with Gasteiger partial charge in [-0.2, -0.15) is 0 Å². The number of rotatable bonds is 5. The van der Waals surface area contributed by atoms with Gasteiger partial charge in [0, 0.05) is 24.8 Å². The fourth-order valence-corrected chi connectivity index (χ4v) is 4.03. The molecule has 1 aliphatic heterocycles. The van der Waals surface area contributed by atoms with Gasteiger partial charge in [-0.05, 0) is 37.5 Å². The molecule has 1 aromatic carbocycles. The van der Waals surface area contributed by atoms with E-state index in [-0.39, 0.29) is 18.3 Å². The maximum Gasteiger partial charge on any atom is 0.321 e. The summed E-state index contributed by atoms with van der Waals surface area (Å²) in [6.07, 6.45) is 1.80. The molecule has 3 rings (SSSR count). The average molecular weight is 371 g/mol. The van der Waals surface area contributed by atoms with Crippen LogP contribution in [0.4, 0.5) is 14.9 Å². The van der Waals surface area contributed by atoms with Crippen LogP contribution in [0.25, 0.3) is 0 Å². The number of nitrogens with zero attached hydrogens (tertiary/aromatic N) is 1. The molecule has 2 fully saturated rings. The topological polar surface area (TPSA) is 116 Å². The lowest BCUT2D eigenvalue weighted by Crippen LogP contribution is -2.34. The third-order valence-electron chi connectivity index (χ3n) is 4.20. The summed E-state index contributed by atoms with van der Waals surface area (Å²) in [4.78, 5) is 23.9. The standard InChI is InChI=1S/C15H18FN3O5S/c16-12-4-3-11(7-13(12)25(23,24)18-10-1-2-10)17-15(22)19-6-5-9(8-19)14(20)21/h3-4,7,9-10,18H,1-2,5-6,8H2,(H,17,22)(H,20,21). The number of nitrogens with one attached hydrogen (secondary N) is 2. The molecule has 1 heterocycles. The molecular weight excluding hydrogens is 353 g/mol. The van der Waals surface area contributed by atoms with E-state index in [1.165, 1.54) is 11.0 Å². The maximum absolute atomic E-state index is 13.9. The second-order valence-electron chi connectivity index (χ2n) is 6.24. The number of halogens is 1. The lowest BCUT2D eigenvalue weighted by Gasteiger charge is -2.17. The molecule has 3 N–H and O–H groups in total. The van der Waals surface area contributed by atoms with Crippen LogP contribution in [0, 0.1) is 11.7 Å². The van der Waals surface area contributed by atoms with Crippen LogP contribution in [-0.2, 0) is 14.8 Å². The quantitative estimate of drug-likeness (QED) is 0.719. The van der Waals surface area contributed by atoms with Crippen molar-refractivity contribution < 1.29 is 27.5 Å². The summed E-state index contributed by atoms with van der Waals surface area (Å²) in [6, 6.07) is 2.58. The van der Waals surface area contributed by atoms with E-state index in [9.17, 15) is 22.4 Å². The number of benzene rings is 1. The van der Waals surface area contributed by atoms with E-state index in [4.69, 9.17) is 5.11 Å². The van der Waals surface area contributed by atoms with Gasteiger partial charge in [-0.3, -0.25) is 4.79 Å². The molecule has 0 spiro atoms. The van der Waals surface area contributed by atoms with E-state index in [1.54, 1.807) is 0 Å². The second kappa shape index (κ2) is 6.60. The van der Waals surface area contributed by atoms with E-state index in [0.29, 0.717) is 13.0 Å². The fourth-order valence-electron chi connectivity index (χ4n) is 2.62. The zero-order chi connectivity index (χ0) is 18.2. The SMILES string of the molecule is O=C(O)C1CCN(C(=O)Nc2ccc(F)c(S(=O)(=O)NC3CC3)c2)C1. The van der Waals surface area contributed by atoms with Gasteiger partial charge in [0.05, 0.1) is 5.92 Å². The lowest BCUT2D eigenvalue weighted by atomic mass is 10.1. The first-order chi connectivity index (χ1) is 11.8. The maximum atomic E-state index is 13.9. The first kappa shape index (κ1) is 17.6. The third kappa shape index (κ3) is 4.07. The van der Waals surface area contributed by atoms with E-state index in [0.717, 1.165) is 25.0 Å². The average Bonchev–Trinajstić information content (AvgIpc) is 3.18. The van der Waals surface area contributed by atoms with Crippen LogP contribution in [-0.4, -0.2) is 49.6 Å². The van der Waals surface area contributed by atoms with Gasteiger partial charge >= 0.3 is 12.0 Å². The summed E-state index contributed by atoms with van der Waals surface area (Å²) < 4.78 is 40.6. The molecule has 1 atom stereocenters. The predicted molar refractivity (Wildman–Crippen MR) is 86.1 cm³/mol. The predicted octanol–water partition coefficient (Wildman–Crippen LogP) is 1.20. The molecule has 1 aromatic rings. The van der Waals surface area contributed by atoms with Crippen molar-refractivity contribution in [1.82, 2.24) is 9.62 Å². The van der Waals surface area contributed by atoms with Crippen LogP contribution < -0.4 is 10.0 Å². The van der Waals surface area contributed by atoms with E-state index >= 15 is 0 Å². The Balaban J connectivity index is 1.72. The molecule has 0 radical (unpaired) electrons. The van der Waals surface area contributed by atoms with Crippen molar-refractivity contribution in [3.63, 3.8) is 0 Å². The third-order valence-corrected chi connectivity index (χ3v) is 5.73. The van der Waals surface area contributed by atoms with Crippen molar-refractivity contribution in [2.24, 2.45) is 5.92 Å². The summed E-state index contributed by atoms with van der Waals surface area (Å²) in [6.45, 7) is 0.370. The van der Waals surface area contributed by atoms with Crippen molar-refractivity contribution in [2.45, 2.75) is 30.2 Å². The molecule has 0 bridgehead atoms. The van der Waals surface area contributed by atoms with Gasteiger partial charge in [0.25, 0.3) is 0 Å². The molecule has 1 unspecified atom stereocenters. The largest absolute Gasteiger partial charge is 0.481 e. The number of anilines is 1. The molecule has 25 heavy (non-hydrogen) atoms. The van der Waals surface area contributed by atoms with Gasteiger partial charge in [0.15, 0.2) is 0 Å². The van der Waals surface area contributed by atoms with Crippen molar-refractivity contribution in [1.29, 1.82) is 0 Å². The number of hydrogen-bond donors (Lipinski definition) is 3. The number of carbonyl (C=O) groups is 2. The number of aliphatic carboxylic acids is 1. The van der Waals surface area contributed by atoms with Crippen LogP contribution in [0.3, 0.4) is 0 Å². The molecule has 8 nitrogen and oxygen atoms in total. The molecule has 1 saturated heterocycles. The Morgan fingerprint density at radius 2 is 1.96 bits per heavy atom. The Hall–Kier alpha value is -2.20. The normalized spacial score (nSPS) is 20.5. The van der Waals surface area contributed by atoms with E-state index in [1.807, 2.05) is 0 Å². The van der Waals surface area contributed by atoms with Crippen LogP contribution in [0.1, 0.15) is 19.3 Å². The number of likely N-dealkylation sites (tertiary alicyclic amines) is 1. The minimum atomic E-state index is -3.99. The van der Waals surface area contributed by atoms with Gasteiger partial charge in [0.2, 0.25) is 10.0 Å². The highest BCUT2D eigenvalue weighted by Gasteiger charge is 2.32. The van der Waals surface area contributed by atoms with Crippen LogP contribution in [0.15, 0.2) is 23.1 Å². The Kier molecular flexibility index (Phi) is 4.65. The molecular formula is C15H18FN3O5S. The zero-order valence-electron chi connectivity index (χ0n) is 13.2. The lowest BCUT2D eigenvalue weighted by molar-refractivity contribution is -0.141. The van der Waals surface area contributed by atoms with E-state index in [2.05, 4.69) is 10.0 Å². The summed E-state index contributed by atoms with van der Waals surface area (Å²) in [7, 11) is -3.99. The molecule has 136 valence electrons. The second-order valence-corrected chi connectivity index (χ2v) is 7.92. The number of hydrogen-bond acceptors (Lipinski definition) is 4. The van der Waals surface area contributed by atoms with Crippen LogP contribution in [0.2, 0.25) is 0 Å². The molecule has 2 aliphatic rings. The van der Waals surface area contributed by atoms with Crippen LogP contribution >= 0.6 is 0 Å². The Bertz CT molecular complexity index is 809. The highest BCUT2D eigenvalue weighted by atomic mass is 32.2. The van der Waals surface area contributed by atoms with Gasteiger partial charge in [0.1, 0.15) is 10.7 Å². The number of urea groups is 1. The van der Waals surface area contributed by atoms with Gasteiger partial charge < -0.3 is 15.3 Å².